The van der Waals surface area contributed by atoms with E-state index in [4.69, 9.17) is 5.11 Å². The summed E-state index contributed by atoms with van der Waals surface area (Å²) in [4.78, 5) is 32.6. The Hall–Kier alpha value is -2.59. The van der Waals surface area contributed by atoms with E-state index in [9.17, 15) is 32.9 Å². The number of rotatable bonds is 4. The molecule has 1 rings (SSSR count). The summed E-state index contributed by atoms with van der Waals surface area (Å²) in [6, 6.07) is 0. The summed E-state index contributed by atoms with van der Waals surface area (Å²) < 4.78 is 39.6. The summed E-state index contributed by atoms with van der Waals surface area (Å²) >= 11 is 0. The lowest BCUT2D eigenvalue weighted by atomic mass is 10.1. The molecule has 8 nitrogen and oxygen atoms in total. The first kappa shape index (κ1) is 14.5. The van der Waals surface area contributed by atoms with Crippen LogP contribution in [0.15, 0.2) is 11.0 Å². The molecule has 0 aromatic carbocycles. The van der Waals surface area contributed by atoms with Crippen molar-refractivity contribution >= 4 is 11.7 Å². The van der Waals surface area contributed by atoms with Crippen molar-refractivity contribution in [2.45, 2.75) is 12.8 Å². The van der Waals surface area contributed by atoms with Gasteiger partial charge in [-0.15, -0.1) is 13.2 Å². The van der Waals surface area contributed by atoms with Gasteiger partial charge in [0.15, 0.2) is 5.75 Å². The maximum atomic E-state index is 12.1. The van der Waals surface area contributed by atoms with E-state index in [0.29, 0.717) is 6.20 Å². The Bertz CT molecular complexity index is 579. The van der Waals surface area contributed by atoms with Crippen LogP contribution < -0.4 is 10.3 Å². The van der Waals surface area contributed by atoms with Gasteiger partial charge in [0.1, 0.15) is 0 Å². The molecule has 0 atom stereocenters. The number of pyridine rings is 1. The molecule has 0 radical (unpaired) electrons. The van der Waals surface area contributed by atoms with Crippen LogP contribution >= 0.6 is 0 Å². The number of aromatic amines is 1. The fourth-order valence-corrected chi connectivity index (χ4v) is 1.27. The highest BCUT2D eigenvalue weighted by Gasteiger charge is 2.35. The molecule has 104 valence electrons. The van der Waals surface area contributed by atoms with Crippen LogP contribution in [0.3, 0.4) is 0 Å². The second-order valence-corrected chi connectivity index (χ2v) is 3.18. The minimum Gasteiger partial charge on any atom is -0.481 e. The number of carboxylic acid groups (broad SMARTS) is 1. The maximum Gasteiger partial charge on any atom is 0.573 e. The number of halogens is 3. The number of carbonyl (C=O) groups is 1. The van der Waals surface area contributed by atoms with Crippen molar-refractivity contribution in [1.82, 2.24) is 4.98 Å². The third-order valence-electron chi connectivity index (χ3n) is 1.87. The number of nitrogens with one attached hydrogen (secondary N) is 1. The summed E-state index contributed by atoms with van der Waals surface area (Å²) in [6.07, 6.45) is -5.92. The molecule has 0 aliphatic rings. The first-order valence-electron chi connectivity index (χ1n) is 4.48. The highest BCUT2D eigenvalue weighted by molar-refractivity contribution is 5.73. The van der Waals surface area contributed by atoms with E-state index >= 15 is 0 Å². The Labute approximate surface area is 101 Å². The van der Waals surface area contributed by atoms with Gasteiger partial charge in [0, 0.05) is 6.20 Å². The van der Waals surface area contributed by atoms with Gasteiger partial charge in [-0.05, 0) is 0 Å². The van der Waals surface area contributed by atoms with Crippen molar-refractivity contribution in [2.75, 3.05) is 0 Å². The predicted octanol–water partition coefficient (Wildman–Crippen LogP) is 0.809. The van der Waals surface area contributed by atoms with Gasteiger partial charge < -0.3 is 14.8 Å². The van der Waals surface area contributed by atoms with Crippen LogP contribution in [0.1, 0.15) is 5.56 Å². The first-order chi connectivity index (χ1) is 8.61. The highest BCUT2D eigenvalue weighted by Crippen LogP contribution is 2.29. The quantitative estimate of drug-likeness (QED) is 0.622. The number of ether oxygens (including phenoxy) is 1. The van der Waals surface area contributed by atoms with Crippen molar-refractivity contribution in [2.24, 2.45) is 0 Å². The first-order valence-corrected chi connectivity index (χ1v) is 4.48. The summed E-state index contributed by atoms with van der Waals surface area (Å²) in [6.45, 7) is 0. The van der Waals surface area contributed by atoms with Crippen LogP contribution in [0, 0.1) is 10.1 Å². The van der Waals surface area contributed by atoms with Crippen LogP contribution in [-0.2, 0) is 11.2 Å². The van der Waals surface area contributed by atoms with Crippen molar-refractivity contribution in [1.29, 1.82) is 0 Å². The zero-order valence-corrected chi connectivity index (χ0v) is 8.85. The predicted molar refractivity (Wildman–Crippen MR) is 51.7 cm³/mol. The van der Waals surface area contributed by atoms with Gasteiger partial charge in [0.25, 0.3) is 0 Å². The van der Waals surface area contributed by atoms with E-state index in [-0.39, 0.29) is 0 Å². The molecule has 0 amide bonds. The number of alkyl halides is 3. The number of aliphatic carboxylic acids is 1. The second kappa shape index (κ2) is 4.96. The van der Waals surface area contributed by atoms with Crippen LogP contribution in [-0.4, -0.2) is 27.3 Å². The number of carboxylic acids is 1. The molecule has 2 N–H and O–H groups in total. The largest absolute Gasteiger partial charge is 0.573 e. The molecule has 0 aliphatic heterocycles. The monoisotopic (exact) mass is 282 g/mol. The van der Waals surface area contributed by atoms with Gasteiger partial charge in [-0.3, -0.25) is 19.7 Å². The van der Waals surface area contributed by atoms with Crippen molar-refractivity contribution in [3.63, 3.8) is 0 Å². The van der Waals surface area contributed by atoms with Crippen LogP contribution in [0.4, 0.5) is 18.9 Å². The Kier molecular flexibility index (Phi) is 3.77. The zero-order valence-electron chi connectivity index (χ0n) is 8.85. The lowest BCUT2D eigenvalue weighted by molar-refractivity contribution is -0.387. The number of nitro groups is 1. The summed E-state index contributed by atoms with van der Waals surface area (Å²) in [5.74, 6) is -2.79. The average molecular weight is 282 g/mol. The second-order valence-electron chi connectivity index (χ2n) is 3.18. The fraction of sp³-hybridized carbons (Fsp3) is 0.250. The highest BCUT2D eigenvalue weighted by atomic mass is 19.4. The lowest BCUT2D eigenvalue weighted by Crippen LogP contribution is -2.22. The third kappa shape index (κ3) is 3.69. The minimum atomic E-state index is -5.18. The molecule has 1 aromatic rings. The Morgan fingerprint density at radius 1 is 1.53 bits per heavy atom. The van der Waals surface area contributed by atoms with Crippen molar-refractivity contribution < 1.29 is 32.7 Å². The normalized spacial score (nSPS) is 11.1. The van der Waals surface area contributed by atoms with E-state index in [0.717, 1.165) is 0 Å². The molecule has 0 fully saturated rings. The minimum absolute atomic E-state index is 0.418. The van der Waals surface area contributed by atoms with Crippen molar-refractivity contribution in [3.05, 3.63) is 32.2 Å². The number of nitrogens with zero attached hydrogens (tertiary/aromatic N) is 1. The molecule has 11 heteroatoms. The number of hydrogen-bond acceptors (Lipinski definition) is 5. The van der Waals surface area contributed by atoms with Gasteiger partial charge in [-0.1, -0.05) is 0 Å². The summed E-state index contributed by atoms with van der Waals surface area (Å²) in [7, 11) is 0. The van der Waals surface area contributed by atoms with Gasteiger partial charge in [0.2, 0.25) is 0 Å². The fourth-order valence-electron chi connectivity index (χ4n) is 1.27. The number of hydrogen-bond donors (Lipinski definition) is 2. The molecule has 0 unspecified atom stereocenters. The summed E-state index contributed by atoms with van der Waals surface area (Å²) in [5.41, 5.74) is -3.58. The van der Waals surface area contributed by atoms with E-state index in [2.05, 4.69) is 4.74 Å². The summed E-state index contributed by atoms with van der Waals surface area (Å²) in [5, 5.41) is 19.1. The van der Waals surface area contributed by atoms with E-state index in [1.165, 1.54) is 0 Å². The Morgan fingerprint density at radius 2 is 2.11 bits per heavy atom. The molecule has 19 heavy (non-hydrogen) atoms. The Balaban J connectivity index is 3.46. The molecule has 0 saturated heterocycles. The molecular weight excluding hydrogens is 277 g/mol. The number of H-pyrrole nitrogens is 1. The molecule has 1 aromatic heterocycles. The van der Waals surface area contributed by atoms with E-state index < -0.39 is 46.2 Å². The molecule has 1 heterocycles. The number of aromatic nitrogens is 1. The molecule has 0 bridgehead atoms. The van der Waals surface area contributed by atoms with Crippen LogP contribution in [0.2, 0.25) is 0 Å². The van der Waals surface area contributed by atoms with Gasteiger partial charge >= 0.3 is 23.6 Å². The lowest BCUT2D eigenvalue weighted by Gasteiger charge is -2.11. The SMILES string of the molecule is O=C(O)Cc1c(OC(F)(F)F)c[nH]c(=O)c1[N+](=O)[O-]. The zero-order chi connectivity index (χ0) is 14.8. The van der Waals surface area contributed by atoms with Gasteiger partial charge in [-0.25, -0.2) is 0 Å². The maximum absolute atomic E-state index is 12.1. The van der Waals surface area contributed by atoms with Crippen LogP contribution in [0.5, 0.6) is 5.75 Å². The topological polar surface area (TPSA) is 123 Å². The molecule has 0 spiro atoms. The van der Waals surface area contributed by atoms with E-state index in [1.807, 2.05) is 0 Å². The van der Waals surface area contributed by atoms with Gasteiger partial charge in [0.05, 0.1) is 16.9 Å². The van der Waals surface area contributed by atoms with E-state index in [1.54, 1.807) is 4.98 Å². The van der Waals surface area contributed by atoms with Gasteiger partial charge in [-0.2, -0.15) is 0 Å². The molecule has 0 saturated carbocycles. The van der Waals surface area contributed by atoms with Crippen LogP contribution in [0.25, 0.3) is 0 Å². The molecule has 0 aliphatic carbocycles. The average Bonchev–Trinajstić information content (AvgIpc) is 2.19. The Morgan fingerprint density at radius 3 is 2.53 bits per heavy atom. The molecular formula is C8H5F3N2O6. The van der Waals surface area contributed by atoms with Crippen molar-refractivity contribution in [3.8, 4) is 5.75 Å². The smallest absolute Gasteiger partial charge is 0.481 e. The third-order valence-corrected chi connectivity index (χ3v) is 1.87. The standard InChI is InChI=1S/C8H5F3N2O6/c9-8(10,11)19-4-2-12-7(16)6(13(17)18)3(4)1-5(14)15/h2H,1H2,(H,12,16)(H,14,15).